The summed E-state index contributed by atoms with van der Waals surface area (Å²) in [5.74, 6) is -0.354. The monoisotopic (exact) mass is 374 g/mol. The summed E-state index contributed by atoms with van der Waals surface area (Å²) in [5.41, 5.74) is 9.78. The molecule has 0 rings (SSSR count). The zero-order valence-electron chi connectivity index (χ0n) is 10.8. The number of hydrogen-bond donors (Lipinski definition) is 8. The van der Waals surface area contributed by atoms with E-state index < -0.39 is 36.8 Å². The van der Waals surface area contributed by atoms with Gasteiger partial charge in [-0.2, -0.15) is 8.42 Å². The predicted octanol–water partition coefficient (Wildman–Crippen LogP) is -2.44. The quantitative estimate of drug-likeness (QED) is 0.171. The highest BCUT2D eigenvalue weighted by Gasteiger charge is 2.58. The molecule has 15 heteroatoms. The Bertz CT molecular complexity index is 474. The first-order valence-electron chi connectivity index (χ1n) is 5.31. The molecule has 0 radical (unpaired) electrons. The maximum atomic E-state index is 10.7. The third-order valence-corrected chi connectivity index (χ3v) is 6.65. The van der Waals surface area contributed by atoms with Gasteiger partial charge in [-0.25, -0.2) is 0 Å². The van der Waals surface area contributed by atoms with Crippen LogP contribution in [0.3, 0.4) is 0 Å². The van der Waals surface area contributed by atoms with E-state index >= 15 is 0 Å². The number of hydrogen-bond acceptors (Lipinski definition) is 7. The van der Waals surface area contributed by atoms with Gasteiger partial charge in [-0.05, 0) is 13.0 Å². The van der Waals surface area contributed by atoms with E-state index in [0.717, 1.165) is 0 Å². The van der Waals surface area contributed by atoms with E-state index in [1.165, 1.54) is 0 Å². The summed E-state index contributed by atoms with van der Waals surface area (Å²) in [7, 11) is -14.4. The Kier molecular flexibility index (Phi) is 9.62. The van der Waals surface area contributed by atoms with E-state index in [-0.39, 0.29) is 25.3 Å². The maximum absolute atomic E-state index is 10.7. The van der Waals surface area contributed by atoms with Crippen LogP contribution in [0, 0.1) is 0 Å². The fourth-order valence-electron chi connectivity index (χ4n) is 0.949. The van der Waals surface area contributed by atoms with Gasteiger partial charge < -0.3 is 36.1 Å². The van der Waals surface area contributed by atoms with Crippen LogP contribution in [0.1, 0.15) is 12.8 Å². The summed E-state index contributed by atoms with van der Waals surface area (Å²) in [6.45, 7) is -0.0683. The minimum Gasteiger partial charge on any atom is -0.368 e. The van der Waals surface area contributed by atoms with Crippen LogP contribution in [0.5, 0.6) is 0 Å². The minimum absolute atomic E-state index is 0.0289. The lowest BCUT2D eigenvalue weighted by Gasteiger charge is -2.28. The van der Waals surface area contributed by atoms with Crippen LogP contribution in [0.2, 0.25) is 0 Å². The van der Waals surface area contributed by atoms with Crippen LogP contribution in [-0.2, 0) is 19.2 Å². The largest absolute Gasteiger partial charge is 0.369 e. The predicted molar refractivity (Wildman–Crippen MR) is 72.8 cm³/mol. The summed E-state index contributed by atoms with van der Waals surface area (Å²) in [5, 5.41) is 5.91. The van der Waals surface area contributed by atoms with Crippen molar-refractivity contribution in [3.63, 3.8) is 0 Å². The van der Waals surface area contributed by atoms with Crippen molar-refractivity contribution >= 4 is 25.3 Å². The molecule has 0 aliphatic carbocycles. The van der Waals surface area contributed by atoms with Gasteiger partial charge in [0.15, 0.2) is 0 Å². The molecule has 0 unspecified atom stereocenters. The van der Waals surface area contributed by atoms with Gasteiger partial charge in [0, 0.05) is 13.0 Å². The second kappa shape index (κ2) is 8.65. The highest BCUT2D eigenvalue weighted by atomic mass is 32.2. The molecular formula is C6H20N2O10P2S. The highest BCUT2D eigenvalue weighted by molar-refractivity contribution is 7.85. The third-order valence-electron chi connectivity index (χ3n) is 2.03. The molecule has 0 aromatic carbocycles. The van der Waals surface area contributed by atoms with E-state index in [9.17, 15) is 22.7 Å². The first-order chi connectivity index (χ1) is 9.12. The molecule has 130 valence electrons. The van der Waals surface area contributed by atoms with Crippen LogP contribution in [0.15, 0.2) is 0 Å². The molecule has 0 aliphatic rings. The van der Waals surface area contributed by atoms with Gasteiger partial charge in [-0.1, -0.05) is 0 Å². The van der Waals surface area contributed by atoms with E-state index in [1.54, 1.807) is 0 Å². The van der Waals surface area contributed by atoms with E-state index in [0.29, 0.717) is 0 Å². The third kappa shape index (κ3) is 8.96. The van der Waals surface area contributed by atoms with Crippen molar-refractivity contribution in [2.75, 3.05) is 18.8 Å². The molecule has 0 heterocycles. The van der Waals surface area contributed by atoms with Crippen molar-refractivity contribution < 1.29 is 46.8 Å². The molecule has 0 spiro atoms. The second-order valence-corrected chi connectivity index (χ2v) is 9.41. The Morgan fingerprint density at radius 2 is 1.33 bits per heavy atom. The van der Waals surface area contributed by atoms with Gasteiger partial charge in [0.2, 0.25) is 0 Å². The van der Waals surface area contributed by atoms with Crippen LogP contribution in [0.25, 0.3) is 0 Å². The molecule has 0 fully saturated rings. The number of rotatable bonds is 7. The van der Waals surface area contributed by atoms with Gasteiger partial charge in [-0.3, -0.25) is 13.7 Å². The Labute approximate surface area is 121 Å². The van der Waals surface area contributed by atoms with Crippen molar-refractivity contribution in [3.8, 4) is 0 Å². The van der Waals surface area contributed by atoms with E-state index in [2.05, 4.69) is 0 Å². The SMILES string of the molecule is NCCCC(O)(P(=O)(O)O)P(=O)(O)O.NCCS(=O)(=O)O. The maximum Gasteiger partial charge on any atom is 0.369 e. The molecular weight excluding hydrogens is 354 g/mol. The first kappa shape index (κ1) is 23.4. The molecule has 0 atom stereocenters. The van der Waals surface area contributed by atoms with Gasteiger partial charge in [0.1, 0.15) is 0 Å². The molecule has 10 N–H and O–H groups in total. The zero-order valence-corrected chi connectivity index (χ0v) is 13.4. The average Bonchev–Trinajstić information content (AvgIpc) is 2.21. The minimum atomic E-state index is -5.30. The lowest BCUT2D eigenvalue weighted by molar-refractivity contribution is 0.121. The molecule has 0 saturated heterocycles. The van der Waals surface area contributed by atoms with Crippen molar-refractivity contribution in [2.24, 2.45) is 11.5 Å². The van der Waals surface area contributed by atoms with Gasteiger partial charge >= 0.3 is 15.2 Å². The molecule has 0 bridgehead atoms. The summed E-state index contributed by atoms with van der Waals surface area (Å²) < 4.78 is 48.8. The van der Waals surface area contributed by atoms with E-state index in [4.69, 9.17) is 35.6 Å². The Balaban J connectivity index is 0. The number of aliphatic hydroxyl groups is 1. The van der Waals surface area contributed by atoms with Crippen molar-refractivity contribution in [1.82, 2.24) is 0 Å². The molecule has 0 amide bonds. The first-order valence-corrected chi connectivity index (χ1v) is 10.1. The van der Waals surface area contributed by atoms with Crippen molar-refractivity contribution in [3.05, 3.63) is 0 Å². The zero-order chi connectivity index (χ0) is 17.5. The van der Waals surface area contributed by atoms with Crippen molar-refractivity contribution in [1.29, 1.82) is 0 Å². The van der Waals surface area contributed by atoms with Crippen LogP contribution in [-0.4, -0.2) is 61.6 Å². The Hall–Kier alpha value is 0.0900. The van der Waals surface area contributed by atoms with Crippen molar-refractivity contribution in [2.45, 2.75) is 17.9 Å². The van der Waals surface area contributed by atoms with Gasteiger partial charge in [0.25, 0.3) is 15.2 Å². The lowest BCUT2D eigenvalue weighted by atomic mass is 10.3. The fraction of sp³-hybridized carbons (Fsp3) is 1.00. The second-order valence-electron chi connectivity index (χ2n) is 3.83. The van der Waals surface area contributed by atoms with Gasteiger partial charge in [0.05, 0.1) is 5.75 Å². The number of nitrogens with two attached hydrogens (primary N) is 2. The summed E-state index contributed by atoms with van der Waals surface area (Å²) >= 11 is 0. The molecule has 0 saturated carbocycles. The van der Waals surface area contributed by atoms with Crippen LogP contribution >= 0.6 is 15.2 Å². The normalized spacial score (nSPS) is 13.5. The summed E-state index contributed by atoms with van der Waals surface area (Å²) in [6, 6.07) is 0. The fourth-order valence-corrected chi connectivity index (χ4v) is 3.50. The van der Waals surface area contributed by atoms with Crippen LogP contribution in [0.4, 0.5) is 0 Å². The topological polar surface area (TPSA) is 242 Å². The van der Waals surface area contributed by atoms with E-state index in [1.807, 2.05) is 0 Å². The molecule has 21 heavy (non-hydrogen) atoms. The smallest absolute Gasteiger partial charge is 0.368 e. The molecule has 12 nitrogen and oxygen atoms in total. The average molecular weight is 374 g/mol. The lowest BCUT2D eigenvalue weighted by Crippen LogP contribution is -2.29. The Morgan fingerprint density at radius 3 is 1.48 bits per heavy atom. The summed E-state index contributed by atoms with van der Waals surface area (Å²) in [6.07, 6.45) is -0.856. The summed E-state index contributed by atoms with van der Waals surface area (Å²) in [4.78, 5) is 34.5. The standard InChI is InChI=1S/C4H13NO7P2.C2H7NO3S/c5-3-1-2-4(6,13(7,8)9)14(10,11)12;3-1-2-7(4,5)6/h6H,1-3,5H2,(H2,7,8,9)(H2,10,11,12);1-3H2,(H,4,5,6). The molecule has 0 aromatic rings. The Morgan fingerprint density at radius 1 is 0.952 bits per heavy atom. The van der Waals surface area contributed by atoms with Crippen LogP contribution < -0.4 is 11.5 Å². The molecule has 0 aromatic heterocycles. The molecule has 0 aliphatic heterocycles. The highest BCUT2D eigenvalue weighted by Crippen LogP contribution is 2.69. The van der Waals surface area contributed by atoms with Gasteiger partial charge in [-0.15, -0.1) is 0 Å².